The van der Waals surface area contributed by atoms with Gasteiger partial charge in [-0.2, -0.15) is 0 Å². The van der Waals surface area contributed by atoms with Crippen LogP contribution in [0.25, 0.3) is 0 Å². The fourth-order valence-electron chi connectivity index (χ4n) is 7.87. The first kappa shape index (κ1) is 24.7. The minimum atomic E-state index is -0.133. The third-order valence-electron chi connectivity index (χ3n) is 9.55. The zero-order valence-corrected chi connectivity index (χ0v) is 24.5. The summed E-state index contributed by atoms with van der Waals surface area (Å²) in [7, 11) is -0.399. The van der Waals surface area contributed by atoms with Crippen LogP contribution in [0, 0.1) is 0 Å². The van der Waals surface area contributed by atoms with Gasteiger partial charge in [0.1, 0.15) is 0 Å². The van der Waals surface area contributed by atoms with Crippen molar-refractivity contribution in [3.63, 3.8) is 0 Å². The van der Waals surface area contributed by atoms with E-state index < -0.39 is 0 Å². The molecule has 0 atom stereocenters. The molecule has 0 saturated carbocycles. The molecule has 9 heteroatoms. The number of fused-ring (bicyclic) bond motifs is 12. The van der Waals surface area contributed by atoms with Crippen LogP contribution in [0.1, 0.15) is 0 Å². The lowest BCUT2D eigenvalue weighted by atomic mass is 9.55. The molecule has 0 N–H and O–H groups in total. The maximum absolute atomic E-state index is 2.62. The summed E-state index contributed by atoms with van der Waals surface area (Å²) >= 11 is 0. The van der Waals surface area contributed by atoms with Gasteiger partial charge in [-0.15, -0.1) is 0 Å². The first-order valence-electron chi connectivity index (χ1n) is 15.6. The van der Waals surface area contributed by atoms with Crippen LogP contribution in [-0.4, -0.2) is 21.4 Å². The Hall–Kier alpha value is -5.69. The molecule has 0 unspecified atom stereocenters. The molecule has 210 valence electrons. The van der Waals surface area contributed by atoms with Gasteiger partial charge in [-0.25, -0.2) is 0 Å². The number of hydrogen-bond acceptors (Lipinski definition) is 6. The fraction of sp³-hybridized carbons (Fsp3) is 0. The van der Waals surface area contributed by atoms with Crippen molar-refractivity contribution in [2.45, 2.75) is 0 Å². The maximum atomic E-state index is 2.62. The van der Waals surface area contributed by atoms with Crippen molar-refractivity contribution in [3.05, 3.63) is 164 Å². The van der Waals surface area contributed by atoms with Gasteiger partial charge >= 0.3 is 21.4 Å². The number of anilines is 9. The predicted molar refractivity (Wildman–Crippen MR) is 190 cm³/mol. The minimum absolute atomic E-state index is 0.133. The molecule has 0 aromatic heterocycles. The highest BCUT2D eigenvalue weighted by Gasteiger charge is 2.69. The van der Waals surface area contributed by atoms with Gasteiger partial charge in [0, 0.05) is 34.1 Å². The first-order chi connectivity index (χ1) is 22.4. The second kappa shape index (κ2) is 9.41. The van der Waals surface area contributed by atoms with Crippen LogP contribution in [0.15, 0.2) is 164 Å². The lowest BCUT2D eigenvalue weighted by Crippen LogP contribution is -2.83. The van der Waals surface area contributed by atoms with Crippen molar-refractivity contribution in [1.29, 1.82) is 0 Å². The highest BCUT2D eigenvalue weighted by molar-refractivity contribution is 7.11. The molecule has 6 aromatic carbocycles. The first-order valence-corrected chi connectivity index (χ1v) is 15.6. The Kier molecular flexibility index (Phi) is 5.17. The lowest BCUT2D eigenvalue weighted by Gasteiger charge is -2.51. The number of nitrogens with zero attached hydrogens (tertiary/aromatic N) is 6. The molecule has 0 amide bonds. The SMILES string of the molecule is c1ccc(N2B3N(B4N(B5N3c3ccccc3N5c3ccccc3)c3ccccc3N4c3ccccc3)c3ccccc32)cc1. The van der Waals surface area contributed by atoms with E-state index in [1.807, 2.05) is 0 Å². The smallest absolute Gasteiger partial charge is 0.382 e. The molecule has 0 bridgehead atoms. The van der Waals surface area contributed by atoms with Gasteiger partial charge < -0.3 is 28.6 Å². The summed E-state index contributed by atoms with van der Waals surface area (Å²) in [5.74, 6) is 0. The van der Waals surface area contributed by atoms with E-state index in [0.717, 1.165) is 0 Å². The monoisotopic (exact) mass is 576 g/mol. The van der Waals surface area contributed by atoms with Gasteiger partial charge in [0.15, 0.2) is 0 Å². The van der Waals surface area contributed by atoms with Gasteiger partial charge in [-0.1, -0.05) is 91.0 Å². The molecule has 0 radical (unpaired) electrons. The molecule has 1 saturated heterocycles. The van der Waals surface area contributed by atoms with Crippen molar-refractivity contribution in [2.75, 3.05) is 28.6 Å². The van der Waals surface area contributed by atoms with Gasteiger partial charge in [0.2, 0.25) is 0 Å². The fourth-order valence-corrected chi connectivity index (χ4v) is 7.87. The Bertz CT molecular complexity index is 1800. The van der Waals surface area contributed by atoms with E-state index in [1.54, 1.807) is 0 Å². The Labute approximate surface area is 264 Å². The third-order valence-corrected chi connectivity index (χ3v) is 9.55. The summed E-state index contributed by atoms with van der Waals surface area (Å²) in [5.41, 5.74) is 10.8. The van der Waals surface area contributed by atoms with E-state index in [4.69, 9.17) is 0 Å². The average molecular weight is 576 g/mol. The van der Waals surface area contributed by atoms with Crippen molar-refractivity contribution in [3.8, 4) is 0 Å². The Morgan fingerprint density at radius 2 is 0.467 bits per heavy atom. The quantitative estimate of drug-likeness (QED) is 0.198. The Morgan fingerprint density at radius 3 is 0.733 bits per heavy atom. The van der Waals surface area contributed by atoms with E-state index in [1.165, 1.54) is 51.2 Å². The van der Waals surface area contributed by atoms with Crippen LogP contribution in [0.4, 0.5) is 51.2 Å². The molecular formula is C36H27B3N6. The van der Waals surface area contributed by atoms with Crippen LogP contribution in [0.2, 0.25) is 0 Å². The third kappa shape index (κ3) is 3.32. The second-order valence-electron chi connectivity index (χ2n) is 11.8. The number of hydrogen-bond donors (Lipinski definition) is 0. The predicted octanol–water partition coefficient (Wildman–Crippen LogP) is 7.93. The van der Waals surface area contributed by atoms with Crippen molar-refractivity contribution in [2.24, 2.45) is 0 Å². The minimum Gasteiger partial charge on any atom is -0.382 e. The van der Waals surface area contributed by atoms with Crippen LogP contribution in [0.3, 0.4) is 0 Å². The van der Waals surface area contributed by atoms with Crippen LogP contribution < -0.4 is 28.6 Å². The zero-order chi connectivity index (χ0) is 29.5. The highest BCUT2D eigenvalue weighted by atomic mass is 15.6. The van der Waals surface area contributed by atoms with Gasteiger partial charge in [-0.05, 0) is 72.8 Å². The van der Waals surface area contributed by atoms with E-state index in [-0.39, 0.29) is 21.4 Å². The summed E-state index contributed by atoms with van der Waals surface area (Å²) in [5, 5.41) is 0. The summed E-state index contributed by atoms with van der Waals surface area (Å²) in [6.07, 6.45) is 0. The van der Waals surface area contributed by atoms with Crippen LogP contribution in [0.5, 0.6) is 0 Å². The summed E-state index contributed by atoms with van der Waals surface area (Å²) < 4.78 is 7.87. The van der Waals surface area contributed by atoms with E-state index >= 15 is 0 Å². The van der Waals surface area contributed by atoms with Gasteiger partial charge in [-0.3, -0.25) is 0 Å². The van der Waals surface area contributed by atoms with Crippen LogP contribution in [-0.2, 0) is 0 Å². The highest BCUT2D eigenvalue weighted by Crippen LogP contribution is 2.57. The molecule has 0 spiro atoms. The second-order valence-corrected chi connectivity index (χ2v) is 11.8. The summed E-state index contributed by atoms with van der Waals surface area (Å²) in [6, 6.07) is 59.2. The zero-order valence-electron chi connectivity index (χ0n) is 24.5. The number of benzene rings is 6. The molecule has 4 heterocycles. The van der Waals surface area contributed by atoms with E-state index in [2.05, 4.69) is 192 Å². The topological polar surface area (TPSA) is 19.4 Å². The number of rotatable bonds is 3. The van der Waals surface area contributed by atoms with Gasteiger partial charge in [0.25, 0.3) is 0 Å². The molecule has 6 aromatic rings. The Morgan fingerprint density at radius 1 is 0.244 bits per heavy atom. The summed E-state index contributed by atoms with van der Waals surface area (Å²) in [4.78, 5) is 7.57. The van der Waals surface area contributed by atoms with Gasteiger partial charge in [0.05, 0.1) is 17.1 Å². The van der Waals surface area contributed by atoms with Crippen LogP contribution >= 0.6 is 0 Å². The molecule has 6 nitrogen and oxygen atoms in total. The molecule has 4 aliphatic heterocycles. The lowest BCUT2D eigenvalue weighted by molar-refractivity contribution is 1.25. The molecule has 4 aliphatic rings. The average Bonchev–Trinajstić information content (AvgIpc) is 3.75. The standard InChI is InChI=1S/C36H27B3N6/c1-4-16-28(17-5-1)40-31-22-10-13-25-34(31)43-37(40)44-35-26-14-11-23-32(35)41(29-18-6-2-7-19-29)39(44)45-36-27-15-12-24-33(36)42(38(43)45)30-20-8-3-9-21-30/h1-27H. The molecule has 0 aliphatic carbocycles. The molecule has 45 heavy (non-hydrogen) atoms. The normalized spacial score (nSPS) is 15.6. The van der Waals surface area contributed by atoms with E-state index in [0.29, 0.717) is 0 Å². The largest absolute Gasteiger partial charge is 0.489 e. The van der Waals surface area contributed by atoms with Crippen molar-refractivity contribution >= 4 is 72.5 Å². The summed E-state index contributed by atoms with van der Waals surface area (Å²) in [6.45, 7) is 0. The molecule has 10 rings (SSSR count). The number of para-hydroxylation sites is 9. The van der Waals surface area contributed by atoms with Crippen molar-refractivity contribution in [1.82, 2.24) is 0 Å². The van der Waals surface area contributed by atoms with Crippen molar-refractivity contribution < 1.29 is 0 Å². The van der Waals surface area contributed by atoms with E-state index in [9.17, 15) is 0 Å². The molecule has 1 fully saturated rings. The molecular weight excluding hydrogens is 549 g/mol. The Balaban J connectivity index is 1.30. The maximum Gasteiger partial charge on any atom is 0.489 e.